The molecule has 1 aliphatic carbocycles. The highest BCUT2D eigenvalue weighted by molar-refractivity contribution is 5.30. The maximum Gasteiger partial charge on any atom is 0.119 e. The Labute approximate surface area is 127 Å². The Morgan fingerprint density at radius 1 is 1.10 bits per heavy atom. The number of rotatable bonds is 5. The summed E-state index contributed by atoms with van der Waals surface area (Å²) in [4.78, 5) is 0. The average molecular weight is 281 g/mol. The van der Waals surface area contributed by atoms with E-state index in [1.165, 1.54) is 30.4 Å². The molecule has 1 N–H and O–H groups in total. The third-order valence-electron chi connectivity index (χ3n) is 4.35. The van der Waals surface area contributed by atoms with Crippen molar-refractivity contribution in [3.8, 4) is 5.75 Å². The molecule has 1 unspecified atom stereocenters. The average Bonchev–Trinajstić information content (AvgIpc) is 2.55. The van der Waals surface area contributed by atoms with Gasteiger partial charge in [-0.1, -0.05) is 36.4 Å². The third-order valence-corrected chi connectivity index (χ3v) is 4.35. The van der Waals surface area contributed by atoms with Gasteiger partial charge < -0.3 is 10.1 Å². The van der Waals surface area contributed by atoms with Gasteiger partial charge in [0.2, 0.25) is 0 Å². The van der Waals surface area contributed by atoms with Crippen LogP contribution in [0.15, 0.2) is 48.5 Å². The predicted octanol–water partition coefficient (Wildman–Crippen LogP) is 3.59. The summed E-state index contributed by atoms with van der Waals surface area (Å²) in [6, 6.07) is 17.1. The summed E-state index contributed by atoms with van der Waals surface area (Å²) < 4.78 is 5.26. The molecule has 3 rings (SSSR count). The molecule has 0 bridgehead atoms. The van der Waals surface area contributed by atoms with Crippen molar-refractivity contribution in [3.05, 3.63) is 65.2 Å². The lowest BCUT2D eigenvalue weighted by Crippen LogP contribution is -2.27. The second-order valence-corrected chi connectivity index (χ2v) is 5.86. The van der Waals surface area contributed by atoms with Crippen LogP contribution in [-0.2, 0) is 19.4 Å². The number of ether oxygens (including phenoxy) is 1. The van der Waals surface area contributed by atoms with Crippen LogP contribution < -0.4 is 10.1 Å². The van der Waals surface area contributed by atoms with Crippen LogP contribution in [-0.4, -0.2) is 13.7 Å². The molecule has 0 aliphatic heterocycles. The van der Waals surface area contributed by atoms with Gasteiger partial charge in [-0.3, -0.25) is 0 Å². The summed E-state index contributed by atoms with van der Waals surface area (Å²) in [5, 5.41) is 3.60. The third kappa shape index (κ3) is 3.64. The van der Waals surface area contributed by atoms with Crippen LogP contribution in [0.3, 0.4) is 0 Å². The molecule has 110 valence electrons. The zero-order valence-corrected chi connectivity index (χ0v) is 12.6. The first-order valence-corrected chi connectivity index (χ1v) is 7.75. The lowest BCUT2D eigenvalue weighted by molar-refractivity contribution is 0.412. The first kappa shape index (κ1) is 14.2. The molecule has 0 saturated heterocycles. The van der Waals surface area contributed by atoms with Crippen LogP contribution in [0.2, 0.25) is 0 Å². The van der Waals surface area contributed by atoms with Gasteiger partial charge >= 0.3 is 0 Å². The van der Waals surface area contributed by atoms with E-state index in [9.17, 15) is 0 Å². The number of nitrogens with one attached hydrogen (secondary N) is 1. The Morgan fingerprint density at radius 2 is 1.95 bits per heavy atom. The molecule has 0 amide bonds. The Bertz CT molecular complexity index is 594. The number of fused-ring (bicyclic) bond motifs is 1. The molecule has 0 fully saturated rings. The van der Waals surface area contributed by atoms with Crippen LogP contribution in [0.25, 0.3) is 0 Å². The molecule has 0 saturated carbocycles. The molecule has 0 radical (unpaired) electrons. The highest BCUT2D eigenvalue weighted by Gasteiger charge is 2.17. The summed E-state index contributed by atoms with van der Waals surface area (Å²) >= 11 is 0. The number of benzene rings is 2. The fraction of sp³-hybridized carbons (Fsp3) is 0.368. The molecule has 2 aromatic rings. The molecule has 2 heteroatoms. The zero-order chi connectivity index (χ0) is 14.5. The minimum absolute atomic E-state index is 0.755. The lowest BCUT2D eigenvalue weighted by atomic mass is 9.84. The van der Waals surface area contributed by atoms with Crippen LogP contribution >= 0.6 is 0 Å². The smallest absolute Gasteiger partial charge is 0.119 e. The summed E-state index contributed by atoms with van der Waals surface area (Å²) in [7, 11) is 1.71. The van der Waals surface area contributed by atoms with Gasteiger partial charge in [0.25, 0.3) is 0 Å². The van der Waals surface area contributed by atoms with Crippen molar-refractivity contribution in [2.24, 2.45) is 5.92 Å². The minimum atomic E-state index is 0.755. The quantitative estimate of drug-likeness (QED) is 0.904. The summed E-state index contributed by atoms with van der Waals surface area (Å²) in [5.74, 6) is 1.69. The van der Waals surface area contributed by atoms with Gasteiger partial charge in [0.15, 0.2) is 0 Å². The van der Waals surface area contributed by atoms with E-state index in [2.05, 4.69) is 41.7 Å². The van der Waals surface area contributed by atoms with Crippen molar-refractivity contribution >= 4 is 0 Å². The second-order valence-electron chi connectivity index (χ2n) is 5.86. The molecular weight excluding hydrogens is 258 g/mol. The van der Waals surface area contributed by atoms with Gasteiger partial charge in [-0.05, 0) is 60.5 Å². The SMILES string of the molecule is COc1cccc(CNCC2CCc3ccccc3C2)c1. The molecule has 0 spiro atoms. The van der Waals surface area contributed by atoms with Gasteiger partial charge in [0, 0.05) is 6.54 Å². The van der Waals surface area contributed by atoms with E-state index < -0.39 is 0 Å². The lowest BCUT2D eigenvalue weighted by Gasteiger charge is -2.24. The fourth-order valence-corrected chi connectivity index (χ4v) is 3.15. The van der Waals surface area contributed by atoms with Crippen LogP contribution in [0.1, 0.15) is 23.1 Å². The molecule has 0 heterocycles. The maximum atomic E-state index is 5.26. The maximum absolute atomic E-state index is 5.26. The normalized spacial score (nSPS) is 17.3. The number of aryl methyl sites for hydroxylation is 1. The van der Waals surface area contributed by atoms with Gasteiger partial charge in [0.1, 0.15) is 5.75 Å². The number of hydrogen-bond acceptors (Lipinski definition) is 2. The molecule has 1 aliphatic rings. The zero-order valence-electron chi connectivity index (χ0n) is 12.6. The largest absolute Gasteiger partial charge is 0.497 e. The molecule has 2 nitrogen and oxygen atoms in total. The van der Waals surface area contributed by atoms with E-state index in [-0.39, 0.29) is 0 Å². The Kier molecular flexibility index (Phi) is 4.56. The number of hydrogen-bond donors (Lipinski definition) is 1. The van der Waals surface area contributed by atoms with Crippen molar-refractivity contribution in [2.45, 2.75) is 25.8 Å². The van der Waals surface area contributed by atoms with Crippen LogP contribution in [0.4, 0.5) is 0 Å². The van der Waals surface area contributed by atoms with Gasteiger partial charge in [-0.2, -0.15) is 0 Å². The Hall–Kier alpha value is -1.80. The summed E-state index contributed by atoms with van der Waals surface area (Å²) in [5.41, 5.74) is 4.36. The molecular formula is C19H23NO. The first-order chi connectivity index (χ1) is 10.3. The van der Waals surface area contributed by atoms with Crippen molar-refractivity contribution < 1.29 is 4.74 Å². The van der Waals surface area contributed by atoms with Crippen molar-refractivity contribution in [2.75, 3.05) is 13.7 Å². The Morgan fingerprint density at radius 3 is 2.81 bits per heavy atom. The standard InChI is InChI=1S/C19H23NO/c1-21-19-8-4-5-15(12-19)13-20-14-16-9-10-17-6-2-3-7-18(17)11-16/h2-8,12,16,20H,9-11,13-14H2,1H3. The summed E-state index contributed by atoms with van der Waals surface area (Å²) in [6.45, 7) is 2.00. The van der Waals surface area contributed by atoms with E-state index >= 15 is 0 Å². The van der Waals surface area contributed by atoms with E-state index in [0.717, 1.165) is 24.8 Å². The molecule has 2 aromatic carbocycles. The van der Waals surface area contributed by atoms with Gasteiger partial charge in [-0.25, -0.2) is 0 Å². The Balaban J connectivity index is 1.50. The van der Waals surface area contributed by atoms with Gasteiger partial charge in [0.05, 0.1) is 7.11 Å². The summed E-state index contributed by atoms with van der Waals surface area (Å²) in [6.07, 6.45) is 3.73. The molecule has 1 atom stereocenters. The van der Waals surface area contributed by atoms with Gasteiger partial charge in [-0.15, -0.1) is 0 Å². The van der Waals surface area contributed by atoms with Crippen molar-refractivity contribution in [3.63, 3.8) is 0 Å². The highest BCUT2D eigenvalue weighted by atomic mass is 16.5. The van der Waals surface area contributed by atoms with Crippen molar-refractivity contribution in [1.29, 1.82) is 0 Å². The van der Waals surface area contributed by atoms with Crippen LogP contribution in [0.5, 0.6) is 5.75 Å². The topological polar surface area (TPSA) is 21.3 Å². The minimum Gasteiger partial charge on any atom is -0.497 e. The highest BCUT2D eigenvalue weighted by Crippen LogP contribution is 2.24. The van der Waals surface area contributed by atoms with E-state index in [4.69, 9.17) is 4.74 Å². The van der Waals surface area contributed by atoms with E-state index in [1.54, 1.807) is 12.7 Å². The molecule has 21 heavy (non-hydrogen) atoms. The first-order valence-electron chi connectivity index (χ1n) is 7.75. The monoisotopic (exact) mass is 281 g/mol. The predicted molar refractivity (Wildman–Crippen MR) is 86.7 cm³/mol. The molecule has 0 aromatic heterocycles. The van der Waals surface area contributed by atoms with Crippen LogP contribution in [0, 0.1) is 5.92 Å². The second kappa shape index (κ2) is 6.77. The van der Waals surface area contributed by atoms with E-state index in [0.29, 0.717) is 0 Å². The number of methoxy groups -OCH3 is 1. The van der Waals surface area contributed by atoms with Crippen molar-refractivity contribution in [1.82, 2.24) is 5.32 Å². The van der Waals surface area contributed by atoms with E-state index in [1.807, 2.05) is 12.1 Å². The fourth-order valence-electron chi connectivity index (χ4n) is 3.15.